The summed E-state index contributed by atoms with van der Waals surface area (Å²) >= 11 is 0. The Morgan fingerprint density at radius 2 is 1.95 bits per heavy atom. The van der Waals surface area contributed by atoms with Gasteiger partial charge in [-0.1, -0.05) is 25.1 Å². The average Bonchev–Trinajstić information content (AvgIpc) is 2.47. The zero-order valence-corrected chi connectivity index (χ0v) is 12.0. The van der Waals surface area contributed by atoms with Crippen molar-refractivity contribution in [3.05, 3.63) is 54.4 Å². The molecule has 0 saturated carbocycles. The summed E-state index contributed by atoms with van der Waals surface area (Å²) in [6.07, 6.45) is 2.90. The quantitative estimate of drug-likeness (QED) is 0.853. The molecule has 0 spiro atoms. The molecule has 0 bridgehead atoms. The van der Waals surface area contributed by atoms with E-state index in [0.29, 0.717) is 12.2 Å². The van der Waals surface area contributed by atoms with Gasteiger partial charge in [0.15, 0.2) is 0 Å². The molecule has 0 saturated heterocycles. The van der Waals surface area contributed by atoms with E-state index < -0.39 is 10.0 Å². The van der Waals surface area contributed by atoms with Gasteiger partial charge < -0.3 is 5.73 Å². The molecule has 1 aromatic heterocycles. The Balaban J connectivity index is 2.32. The Kier molecular flexibility index (Phi) is 4.36. The Morgan fingerprint density at radius 3 is 2.55 bits per heavy atom. The van der Waals surface area contributed by atoms with Gasteiger partial charge in [0.2, 0.25) is 10.0 Å². The molecule has 6 heteroatoms. The van der Waals surface area contributed by atoms with Crippen LogP contribution in [0, 0.1) is 0 Å². The molecule has 2 aromatic rings. The lowest BCUT2D eigenvalue weighted by atomic mass is 10.2. The predicted octanol–water partition coefficient (Wildman–Crippen LogP) is 1.87. The fourth-order valence-corrected chi connectivity index (χ4v) is 3.28. The Hall–Kier alpha value is -1.92. The van der Waals surface area contributed by atoms with Crippen molar-refractivity contribution < 1.29 is 8.42 Å². The molecule has 0 unspecified atom stereocenters. The molecule has 0 fully saturated rings. The third-order valence-electron chi connectivity index (χ3n) is 3.03. The van der Waals surface area contributed by atoms with Gasteiger partial charge in [-0.2, -0.15) is 4.31 Å². The lowest BCUT2D eigenvalue weighted by Gasteiger charge is -2.21. The highest BCUT2D eigenvalue weighted by atomic mass is 32.2. The number of benzene rings is 1. The van der Waals surface area contributed by atoms with E-state index in [1.165, 1.54) is 10.5 Å². The minimum absolute atomic E-state index is 0.191. The zero-order valence-electron chi connectivity index (χ0n) is 11.2. The number of hydrogen-bond donors (Lipinski definition) is 1. The molecule has 0 aliphatic heterocycles. The number of aromatic nitrogens is 1. The van der Waals surface area contributed by atoms with E-state index in [4.69, 9.17) is 5.73 Å². The van der Waals surface area contributed by atoms with Crippen LogP contribution in [-0.4, -0.2) is 24.3 Å². The molecule has 1 heterocycles. The van der Waals surface area contributed by atoms with Crippen LogP contribution >= 0.6 is 0 Å². The van der Waals surface area contributed by atoms with Crippen LogP contribution in [-0.2, 0) is 16.6 Å². The first-order valence-corrected chi connectivity index (χ1v) is 7.73. The number of rotatable bonds is 5. The van der Waals surface area contributed by atoms with Crippen LogP contribution in [0.4, 0.5) is 5.69 Å². The minimum Gasteiger partial charge on any atom is -0.398 e. The van der Waals surface area contributed by atoms with Crippen molar-refractivity contribution in [3.63, 3.8) is 0 Å². The van der Waals surface area contributed by atoms with E-state index in [1.54, 1.807) is 31.3 Å². The average molecular weight is 291 g/mol. The van der Waals surface area contributed by atoms with E-state index in [1.807, 2.05) is 18.2 Å². The Labute approximate surface area is 119 Å². The fourth-order valence-electron chi connectivity index (χ4n) is 1.88. The zero-order chi connectivity index (χ0) is 14.6. The van der Waals surface area contributed by atoms with Crippen LogP contribution < -0.4 is 5.73 Å². The summed E-state index contributed by atoms with van der Waals surface area (Å²) in [6, 6.07) is 10.4. The number of nitrogens with zero attached hydrogens (tertiary/aromatic N) is 2. The molecule has 5 nitrogen and oxygen atoms in total. The number of pyridine rings is 1. The molecule has 2 rings (SSSR count). The molecule has 0 amide bonds. The SMILES string of the molecule is CCN(Cc1ccccc1N)S(=O)(=O)c1cccnc1. The van der Waals surface area contributed by atoms with Crippen molar-refractivity contribution in [1.29, 1.82) is 0 Å². The van der Waals surface area contributed by atoms with Crippen molar-refractivity contribution in [2.75, 3.05) is 12.3 Å². The summed E-state index contributed by atoms with van der Waals surface area (Å²) in [7, 11) is -3.55. The Bertz CT molecular complexity index is 672. The van der Waals surface area contributed by atoms with Gasteiger partial charge in [0.1, 0.15) is 4.90 Å². The summed E-state index contributed by atoms with van der Waals surface area (Å²) in [5.41, 5.74) is 7.26. The van der Waals surface area contributed by atoms with Crippen LogP contribution in [0.5, 0.6) is 0 Å². The van der Waals surface area contributed by atoms with Crippen LogP contribution in [0.15, 0.2) is 53.7 Å². The maximum absolute atomic E-state index is 12.5. The molecule has 0 aliphatic rings. The number of para-hydroxylation sites is 1. The standard InChI is InChI=1S/C14H17N3O2S/c1-2-17(11-12-6-3-4-8-14(12)15)20(18,19)13-7-5-9-16-10-13/h3-10H,2,11,15H2,1H3. The van der Waals surface area contributed by atoms with Crippen LogP contribution in [0.2, 0.25) is 0 Å². The van der Waals surface area contributed by atoms with Crippen LogP contribution in [0.1, 0.15) is 12.5 Å². The summed E-state index contributed by atoms with van der Waals surface area (Å²) in [5, 5.41) is 0. The Morgan fingerprint density at radius 1 is 1.20 bits per heavy atom. The molecule has 1 aromatic carbocycles. The molecular weight excluding hydrogens is 274 g/mol. The van der Waals surface area contributed by atoms with Gasteiger partial charge in [0.25, 0.3) is 0 Å². The van der Waals surface area contributed by atoms with Gasteiger partial charge >= 0.3 is 0 Å². The number of sulfonamides is 1. The van der Waals surface area contributed by atoms with Gasteiger partial charge in [-0.25, -0.2) is 8.42 Å². The lowest BCUT2D eigenvalue weighted by molar-refractivity contribution is 0.424. The lowest BCUT2D eigenvalue weighted by Crippen LogP contribution is -2.30. The normalized spacial score (nSPS) is 11.7. The summed E-state index contributed by atoms with van der Waals surface area (Å²) in [4.78, 5) is 4.05. The van der Waals surface area contributed by atoms with Gasteiger partial charge in [-0.05, 0) is 23.8 Å². The molecular formula is C14H17N3O2S. The van der Waals surface area contributed by atoms with Crippen molar-refractivity contribution in [2.24, 2.45) is 0 Å². The van der Waals surface area contributed by atoms with Gasteiger partial charge in [0, 0.05) is 31.2 Å². The second kappa shape index (κ2) is 6.02. The number of nitrogen functional groups attached to an aromatic ring is 1. The molecule has 106 valence electrons. The van der Waals surface area contributed by atoms with Crippen molar-refractivity contribution in [1.82, 2.24) is 9.29 Å². The second-order valence-corrected chi connectivity index (χ2v) is 6.26. The number of nitrogens with two attached hydrogens (primary N) is 1. The van der Waals surface area contributed by atoms with E-state index in [0.717, 1.165) is 5.56 Å². The summed E-state index contributed by atoms with van der Waals surface area (Å²) < 4.78 is 26.4. The molecule has 0 atom stereocenters. The largest absolute Gasteiger partial charge is 0.398 e. The van der Waals surface area contributed by atoms with Crippen molar-refractivity contribution >= 4 is 15.7 Å². The van der Waals surface area contributed by atoms with E-state index in [-0.39, 0.29) is 11.4 Å². The maximum Gasteiger partial charge on any atom is 0.244 e. The van der Waals surface area contributed by atoms with Crippen LogP contribution in [0.3, 0.4) is 0 Å². The van der Waals surface area contributed by atoms with E-state index in [9.17, 15) is 8.42 Å². The third-order valence-corrected chi connectivity index (χ3v) is 4.93. The first kappa shape index (κ1) is 14.5. The minimum atomic E-state index is -3.55. The second-order valence-electron chi connectivity index (χ2n) is 4.32. The molecule has 0 aliphatic carbocycles. The van der Waals surface area contributed by atoms with E-state index in [2.05, 4.69) is 4.98 Å². The number of anilines is 1. The molecule has 20 heavy (non-hydrogen) atoms. The number of hydrogen-bond acceptors (Lipinski definition) is 4. The molecule has 0 radical (unpaired) electrons. The topological polar surface area (TPSA) is 76.3 Å². The highest BCUT2D eigenvalue weighted by Gasteiger charge is 2.23. The fraction of sp³-hybridized carbons (Fsp3) is 0.214. The first-order chi connectivity index (χ1) is 9.55. The monoisotopic (exact) mass is 291 g/mol. The van der Waals surface area contributed by atoms with Gasteiger partial charge in [-0.3, -0.25) is 4.98 Å². The van der Waals surface area contributed by atoms with Gasteiger partial charge in [-0.15, -0.1) is 0 Å². The summed E-state index contributed by atoms with van der Waals surface area (Å²) in [6.45, 7) is 2.42. The molecule has 2 N–H and O–H groups in total. The maximum atomic E-state index is 12.5. The summed E-state index contributed by atoms with van der Waals surface area (Å²) in [5.74, 6) is 0. The predicted molar refractivity (Wildman–Crippen MR) is 78.4 cm³/mol. The third kappa shape index (κ3) is 2.97. The van der Waals surface area contributed by atoms with Gasteiger partial charge in [0.05, 0.1) is 0 Å². The highest BCUT2D eigenvalue weighted by molar-refractivity contribution is 7.89. The van der Waals surface area contributed by atoms with Crippen molar-refractivity contribution in [2.45, 2.75) is 18.4 Å². The van der Waals surface area contributed by atoms with Crippen molar-refractivity contribution in [3.8, 4) is 0 Å². The smallest absolute Gasteiger partial charge is 0.244 e. The van der Waals surface area contributed by atoms with E-state index >= 15 is 0 Å². The first-order valence-electron chi connectivity index (χ1n) is 6.29. The highest BCUT2D eigenvalue weighted by Crippen LogP contribution is 2.19. The van der Waals surface area contributed by atoms with Crippen LogP contribution in [0.25, 0.3) is 0 Å².